The smallest absolute Gasteiger partial charge is 0.310 e. The summed E-state index contributed by atoms with van der Waals surface area (Å²) in [6, 6.07) is 5.64. The highest BCUT2D eigenvalue weighted by atomic mass is 19.1. The standard InChI is InChI=1S/C18H23FN2O5/c19-13-7-3-4-8-14(13)26-12-16(23)21-20-15(22)11-18(17(24)25)9-5-1-2-6-10-18/h3-4,7-8H,1-2,5-6,9-12H2,(H,20,22)(H,21,23)(H,24,25). The zero-order valence-electron chi connectivity index (χ0n) is 14.4. The molecule has 8 heteroatoms. The van der Waals surface area contributed by atoms with Gasteiger partial charge in [-0.1, -0.05) is 37.8 Å². The minimum atomic E-state index is -1.09. The van der Waals surface area contributed by atoms with Crippen molar-refractivity contribution in [1.82, 2.24) is 10.9 Å². The summed E-state index contributed by atoms with van der Waals surface area (Å²) in [6.07, 6.45) is 4.14. The monoisotopic (exact) mass is 366 g/mol. The number of carboxylic acids is 1. The van der Waals surface area contributed by atoms with Gasteiger partial charge in [-0.3, -0.25) is 25.2 Å². The molecule has 0 heterocycles. The van der Waals surface area contributed by atoms with Crippen LogP contribution in [0.15, 0.2) is 24.3 Å². The van der Waals surface area contributed by atoms with Gasteiger partial charge in [0.05, 0.1) is 5.41 Å². The van der Waals surface area contributed by atoms with Gasteiger partial charge in [0.1, 0.15) is 0 Å². The lowest BCUT2D eigenvalue weighted by atomic mass is 9.77. The Balaban J connectivity index is 1.80. The van der Waals surface area contributed by atoms with Crippen molar-refractivity contribution in [2.75, 3.05) is 6.61 Å². The maximum absolute atomic E-state index is 13.4. The number of carboxylic acid groups (broad SMARTS) is 1. The molecule has 1 aromatic carbocycles. The maximum atomic E-state index is 13.4. The average molecular weight is 366 g/mol. The van der Waals surface area contributed by atoms with Gasteiger partial charge in [-0.05, 0) is 25.0 Å². The number of halogens is 1. The average Bonchev–Trinajstić information content (AvgIpc) is 2.86. The fraction of sp³-hybridized carbons (Fsp3) is 0.500. The molecule has 0 spiro atoms. The van der Waals surface area contributed by atoms with E-state index in [-0.39, 0.29) is 12.2 Å². The predicted molar refractivity (Wildman–Crippen MR) is 90.6 cm³/mol. The van der Waals surface area contributed by atoms with Gasteiger partial charge >= 0.3 is 5.97 Å². The first kappa shape index (κ1) is 19.7. The molecule has 0 aliphatic heterocycles. The summed E-state index contributed by atoms with van der Waals surface area (Å²) in [5.74, 6) is -2.90. The number of amides is 2. The van der Waals surface area contributed by atoms with E-state index in [4.69, 9.17) is 4.74 Å². The summed E-state index contributed by atoms with van der Waals surface area (Å²) >= 11 is 0. The second kappa shape index (κ2) is 9.17. The summed E-state index contributed by atoms with van der Waals surface area (Å²) < 4.78 is 18.4. The Morgan fingerprint density at radius 2 is 1.65 bits per heavy atom. The zero-order valence-corrected chi connectivity index (χ0v) is 14.4. The van der Waals surface area contributed by atoms with E-state index in [1.54, 1.807) is 6.07 Å². The molecular weight excluding hydrogens is 343 g/mol. The molecule has 26 heavy (non-hydrogen) atoms. The van der Waals surface area contributed by atoms with Gasteiger partial charge in [0.2, 0.25) is 5.91 Å². The molecule has 3 N–H and O–H groups in total. The van der Waals surface area contributed by atoms with Crippen molar-refractivity contribution < 1.29 is 28.6 Å². The van der Waals surface area contributed by atoms with Crippen LogP contribution < -0.4 is 15.6 Å². The first-order valence-corrected chi connectivity index (χ1v) is 8.61. The van der Waals surface area contributed by atoms with Crippen LogP contribution in [-0.2, 0) is 14.4 Å². The highest BCUT2D eigenvalue weighted by Crippen LogP contribution is 2.38. The molecule has 2 amide bonds. The first-order chi connectivity index (χ1) is 12.4. The van der Waals surface area contributed by atoms with Crippen molar-refractivity contribution in [2.24, 2.45) is 5.41 Å². The number of hydrogen-bond donors (Lipinski definition) is 3. The Bertz CT molecular complexity index is 657. The molecule has 0 aromatic heterocycles. The number of para-hydroxylation sites is 1. The lowest BCUT2D eigenvalue weighted by Gasteiger charge is -2.27. The summed E-state index contributed by atoms with van der Waals surface area (Å²) in [5, 5.41) is 9.55. The molecule has 142 valence electrons. The minimum Gasteiger partial charge on any atom is -0.481 e. The topological polar surface area (TPSA) is 105 Å². The van der Waals surface area contributed by atoms with Gasteiger partial charge in [0.15, 0.2) is 18.2 Å². The van der Waals surface area contributed by atoms with Crippen LogP contribution in [0.25, 0.3) is 0 Å². The van der Waals surface area contributed by atoms with Gasteiger partial charge in [0.25, 0.3) is 5.91 Å². The molecule has 1 fully saturated rings. The number of hydrazine groups is 1. The first-order valence-electron chi connectivity index (χ1n) is 8.61. The number of hydrogen-bond acceptors (Lipinski definition) is 4. The SMILES string of the molecule is O=C(COc1ccccc1F)NNC(=O)CC1(C(=O)O)CCCCCC1. The Morgan fingerprint density at radius 1 is 1.04 bits per heavy atom. The molecule has 1 saturated carbocycles. The maximum Gasteiger partial charge on any atom is 0.310 e. The van der Waals surface area contributed by atoms with Crippen molar-refractivity contribution in [1.29, 1.82) is 0 Å². The number of rotatable bonds is 6. The van der Waals surface area contributed by atoms with Crippen molar-refractivity contribution in [3.63, 3.8) is 0 Å². The van der Waals surface area contributed by atoms with Crippen LogP contribution in [0.5, 0.6) is 5.75 Å². The minimum absolute atomic E-state index is 0.0720. The Morgan fingerprint density at radius 3 is 2.27 bits per heavy atom. The normalized spacial score (nSPS) is 16.2. The number of nitrogens with one attached hydrogen (secondary N) is 2. The number of aliphatic carboxylic acids is 1. The third kappa shape index (κ3) is 5.44. The van der Waals surface area contributed by atoms with Crippen molar-refractivity contribution >= 4 is 17.8 Å². The fourth-order valence-electron chi connectivity index (χ4n) is 3.10. The number of carbonyl (C=O) groups is 3. The molecule has 0 radical (unpaired) electrons. The second-order valence-electron chi connectivity index (χ2n) is 6.49. The van der Waals surface area contributed by atoms with Crippen LogP contribution in [0.1, 0.15) is 44.9 Å². The molecule has 1 aliphatic rings. The lowest BCUT2D eigenvalue weighted by Crippen LogP contribution is -2.46. The Labute approximate surface area is 150 Å². The van der Waals surface area contributed by atoms with Crippen LogP contribution >= 0.6 is 0 Å². The van der Waals surface area contributed by atoms with E-state index in [0.29, 0.717) is 12.8 Å². The molecule has 1 aromatic rings. The lowest BCUT2D eigenvalue weighted by molar-refractivity contribution is -0.153. The van der Waals surface area contributed by atoms with Crippen molar-refractivity contribution in [2.45, 2.75) is 44.9 Å². The third-order valence-corrected chi connectivity index (χ3v) is 4.55. The Kier molecular flexibility index (Phi) is 6.94. The van der Waals surface area contributed by atoms with E-state index in [2.05, 4.69) is 10.9 Å². The van der Waals surface area contributed by atoms with E-state index < -0.39 is 35.6 Å². The van der Waals surface area contributed by atoms with E-state index in [9.17, 15) is 23.9 Å². The summed E-state index contributed by atoms with van der Waals surface area (Å²) in [4.78, 5) is 35.5. The molecule has 2 rings (SSSR count). The van der Waals surface area contributed by atoms with E-state index in [0.717, 1.165) is 25.7 Å². The van der Waals surface area contributed by atoms with Gasteiger partial charge < -0.3 is 9.84 Å². The molecule has 0 saturated heterocycles. The summed E-state index contributed by atoms with van der Waals surface area (Å²) in [5.41, 5.74) is 3.27. The number of carbonyl (C=O) groups excluding carboxylic acids is 2. The van der Waals surface area contributed by atoms with Gasteiger partial charge in [0, 0.05) is 6.42 Å². The number of benzene rings is 1. The van der Waals surface area contributed by atoms with Crippen LogP contribution in [-0.4, -0.2) is 29.5 Å². The summed E-state index contributed by atoms with van der Waals surface area (Å²) in [6.45, 7) is -0.481. The molecular formula is C18H23FN2O5. The van der Waals surface area contributed by atoms with E-state index >= 15 is 0 Å². The van der Waals surface area contributed by atoms with E-state index in [1.165, 1.54) is 18.2 Å². The van der Waals surface area contributed by atoms with Crippen LogP contribution in [0.2, 0.25) is 0 Å². The fourth-order valence-corrected chi connectivity index (χ4v) is 3.10. The molecule has 0 atom stereocenters. The van der Waals surface area contributed by atoms with Crippen LogP contribution in [0.4, 0.5) is 4.39 Å². The molecule has 0 unspecified atom stereocenters. The zero-order chi connectivity index (χ0) is 19.0. The predicted octanol–water partition coefficient (Wildman–Crippen LogP) is 2.17. The second-order valence-corrected chi connectivity index (χ2v) is 6.49. The highest BCUT2D eigenvalue weighted by molar-refractivity contribution is 5.87. The Hall–Kier alpha value is -2.64. The quantitative estimate of drug-likeness (QED) is 0.529. The van der Waals surface area contributed by atoms with Crippen LogP contribution in [0, 0.1) is 11.2 Å². The van der Waals surface area contributed by atoms with Gasteiger partial charge in [-0.25, -0.2) is 4.39 Å². The summed E-state index contributed by atoms with van der Waals surface area (Å²) in [7, 11) is 0. The molecule has 1 aliphatic carbocycles. The number of ether oxygens (including phenoxy) is 1. The van der Waals surface area contributed by atoms with Crippen LogP contribution in [0.3, 0.4) is 0 Å². The van der Waals surface area contributed by atoms with Crippen molar-refractivity contribution in [3.8, 4) is 5.75 Å². The molecule has 7 nitrogen and oxygen atoms in total. The largest absolute Gasteiger partial charge is 0.481 e. The third-order valence-electron chi connectivity index (χ3n) is 4.55. The highest BCUT2D eigenvalue weighted by Gasteiger charge is 2.40. The van der Waals surface area contributed by atoms with Gasteiger partial charge in [-0.2, -0.15) is 0 Å². The van der Waals surface area contributed by atoms with Gasteiger partial charge in [-0.15, -0.1) is 0 Å². The van der Waals surface area contributed by atoms with Crippen molar-refractivity contribution in [3.05, 3.63) is 30.1 Å². The molecule has 0 bridgehead atoms. The van der Waals surface area contributed by atoms with E-state index in [1.807, 2.05) is 0 Å².